The van der Waals surface area contributed by atoms with Gasteiger partial charge >= 0.3 is 0 Å². The summed E-state index contributed by atoms with van der Waals surface area (Å²) in [4.78, 5) is 21.3. The molecule has 2 aliphatic rings. The molecule has 0 aromatic carbocycles. The SMILES string of the molecule is Cl.Cl.Cl.NC1(C(=O)N2CCN(Cc3ccccn3)CC2)CCOCC1. The van der Waals surface area contributed by atoms with E-state index in [2.05, 4.69) is 9.88 Å². The van der Waals surface area contributed by atoms with Crippen LogP contribution in [0.5, 0.6) is 0 Å². The largest absolute Gasteiger partial charge is 0.381 e. The maximum absolute atomic E-state index is 12.7. The fourth-order valence-corrected chi connectivity index (χ4v) is 3.09. The molecule has 1 amide bonds. The Labute approximate surface area is 167 Å². The number of ether oxygens (including phenoxy) is 1. The molecule has 0 unspecified atom stereocenters. The van der Waals surface area contributed by atoms with Crippen molar-refractivity contribution in [3.63, 3.8) is 0 Å². The van der Waals surface area contributed by atoms with Crippen LogP contribution in [0.1, 0.15) is 18.5 Å². The number of nitrogens with two attached hydrogens (primary N) is 1. The van der Waals surface area contributed by atoms with Gasteiger partial charge in [-0.1, -0.05) is 6.07 Å². The van der Waals surface area contributed by atoms with Crippen molar-refractivity contribution in [2.45, 2.75) is 24.9 Å². The molecule has 3 rings (SSSR count). The number of hydrogen-bond donors (Lipinski definition) is 1. The first-order valence-corrected chi connectivity index (χ1v) is 7.96. The van der Waals surface area contributed by atoms with Crippen molar-refractivity contribution < 1.29 is 9.53 Å². The maximum atomic E-state index is 12.7. The van der Waals surface area contributed by atoms with Crippen molar-refractivity contribution in [2.24, 2.45) is 5.73 Å². The fourth-order valence-electron chi connectivity index (χ4n) is 3.09. The highest BCUT2D eigenvalue weighted by atomic mass is 35.5. The minimum atomic E-state index is -0.721. The molecule has 0 aliphatic carbocycles. The van der Waals surface area contributed by atoms with Crippen molar-refractivity contribution in [3.05, 3.63) is 30.1 Å². The van der Waals surface area contributed by atoms with Gasteiger partial charge in [0.25, 0.3) is 0 Å². The lowest BCUT2D eigenvalue weighted by atomic mass is 9.89. The lowest BCUT2D eigenvalue weighted by Gasteiger charge is -2.40. The number of nitrogens with zero attached hydrogens (tertiary/aromatic N) is 3. The van der Waals surface area contributed by atoms with E-state index >= 15 is 0 Å². The molecule has 3 heterocycles. The van der Waals surface area contributed by atoms with Crippen molar-refractivity contribution in [1.29, 1.82) is 0 Å². The summed E-state index contributed by atoms with van der Waals surface area (Å²) in [5.41, 5.74) is 6.65. The van der Waals surface area contributed by atoms with Gasteiger partial charge in [0.15, 0.2) is 0 Å². The number of piperazine rings is 1. The Bertz CT molecular complexity index is 507. The Morgan fingerprint density at radius 2 is 1.76 bits per heavy atom. The summed E-state index contributed by atoms with van der Waals surface area (Å²) < 4.78 is 5.32. The number of halogens is 3. The summed E-state index contributed by atoms with van der Waals surface area (Å²) in [6.45, 7) is 5.23. The van der Waals surface area contributed by atoms with E-state index in [0.717, 1.165) is 38.4 Å². The first kappa shape index (κ1) is 24.4. The molecular weight excluding hydrogens is 387 g/mol. The summed E-state index contributed by atoms with van der Waals surface area (Å²) in [6.07, 6.45) is 3.07. The van der Waals surface area contributed by atoms with Crippen LogP contribution in [-0.2, 0) is 16.1 Å². The van der Waals surface area contributed by atoms with E-state index in [1.54, 1.807) is 0 Å². The Balaban J connectivity index is 0.00000192. The Morgan fingerprint density at radius 3 is 2.32 bits per heavy atom. The molecule has 2 N–H and O–H groups in total. The van der Waals surface area contributed by atoms with Gasteiger partial charge in [0, 0.05) is 52.1 Å². The zero-order valence-electron chi connectivity index (χ0n) is 14.1. The molecule has 0 spiro atoms. The lowest BCUT2D eigenvalue weighted by molar-refractivity contribution is -0.142. The molecular formula is C16H27Cl3N4O2. The van der Waals surface area contributed by atoms with Crippen LogP contribution in [0, 0.1) is 0 Å². The second-order valence-corrected chi connectivity index (χ2v) is 6.16. The van der Waals surface area contributed by atoms with Crippen molar-refractivity contribution in [2.75, 3.05) is 39.4 Å². The van der Waals surface area contributed by atoms with Crippen LogP contribution in [-0.4, -0.2) is 65.6 Å². The average Bonchev–Trinajstić information content (AvgIpc) is 2.56. The monoisotopic (exact) mass is 412 g/mol. The van der Waals surface area contributed by atoms with E-state index in [1.165, 1.54) is 0 Å². The first-order valence-electron chi connectivity index (χ1n) is 7.96. The molecule has 0 atom stereocenters. The van der Waals surface area contributed by atoms with E-state index in [0.29, 0.717) is 26.1 Å². The van der Waals surface area contributed by atoms with E-state index in [9.17, 15) is 4.79 Å². The summed E-state index contributed by atoms with van der Waals surface area (Å²) in [5, 5.41) is 0. The molecule has 25 heavy (non-hydrogen) atoms. The van der Waals surface area contributed by atoms with Crippen LogP contribution in [0.15, 0.2) is 24.4 Å². The molecule has 2 fully saturated rings. The average molecular weight is 414 g/mol. The number of amides is 1. The van der Waals surface area contributed by atoms with E-state index in [-0.39, 0.29) is 43.1 Å². The van der Waals surface area contributed by atoms with Gasteiger partial charge in [-0.3, -0.25) is 14.7 Å². The number of pyridine rings is 1. The maximum Gasteiger partial charge on any atom is 0.242 e. The topological polar surface area (TPSA) is 71.7 Å². The van der Waals surface area contributed by atoms with Crippen molar-refractivity contribution >= 4 is 43.1 Å². The quantitative estimate of drug-likeness (QED) is 0.813. The zero-order valence-corrected chi connectivity index (χ0v) is 16.6. The molecule has 9 heteroatoms. The van der Waals surface area contributed by atoms with Crippen LogP contribution in [0.2, 0.25) is 0 Å². The Kier molecular flexibility index (Phi) is 10.9. The van der Waals surface area contributed by atoms with Crippen LogP contribution in [0.4, 0.5) is 0 Å². The molecule has 2 aliphatic heterocycles. The van der Waals surface area contributed by atoms with Crippen LogP contribution in [0.25, 0.3) is 0 Å². The summed E-state index contributed by atoms with van der Waals surface area (Å²) >= 11 is 0. The Morgan fingerprint density at radius 1 is 1.12 bits per heavy atom. The number of hydrogen-bond acceptors (Lipinski definition) is 5. The summed E-state index contributed by atoms with van der Waals surface area (Å²) in [6, 6.07) is 5.97. The number of carbonyl (C=O) groups is 1. The predicted octanol–water partition coefficient (Wildman–Crippen LogP) is 1.50. The first-order chi connectivity index (χ1) is 10.7. The van der Waals surface area contributed by atoms with Crippen molar-refractivity contribution in [3.8, 4) is 0 Å². The third-order valence-electron chi connectivity index (χ3n) is 4.58. The standard InChI is InChI=1S/C16H24N4O2.3ClH/c17-16(4-11-22-12-5-16)15(21)20-9-7-19(8-10-20)13-14-3-1-2-6-18-14;;;/h1-3,6H,4-5,7-13,17H2;3*1H. The van der Waals surface area contributed by atoms with E-state index in [4.69, 9.17) is 10.5 Å². The summed E-state index contributed by atoms with van der Waals surface area (Å²) in [5.74, 6) is 0.0910. The van der Waals surface area contributed by atoms with Gasteiger partial charge in [0.1, 0.15) is 0 Å². The number of aromatic nitrogens is 1. The van der Waals surface area contributed by atoms with Gasteiger partial charge in [-0.2, -0.15) is 0 Å². The predicted molar refractivity (Wildman–Crippen MR) is 105 cm³/mol. The molecule has 0 saturated carbocycles. The molecule has 1 aromatic rings. The van der Waals surface area contributed by atoms with E-state index in [1.807, 2.05) is 29.3 Å². The van der Waals surface area contributed by atoms with Gasteiger partial charge in [-0.05, 0) is 25.0 Å². The second kappa shape index (κ2) is 11.2. The van der Waals surface area contributed by atoms with Gasteiger partial charge in [-0.25, -0.2) is 0 Å². The Hall–Kier alpha value is -0.630. The fraction of sp³-hybridized carbons (Fsp3) is 0.625. The molecule has 0 bridgehead atoms. The van der Waals surface area contributed by atoms with Crippen LogP contribution in [0.3, 0.4) is 0 Å². The van der Waals surface area contributed by atoms with Crippen LogP contribution < -0.4 is 5.73 Å². The minimum absolute atomic E-state index is 0. The highest BCUT2D eigenvalue weighted by Crippen LogP contribution is 2.21. The molecule has 2 saturated heterocycles. The number of carbonyl (C=O) groups excluding carboxylic acids is 1. The molecule has 0 radical (unpaired) electrons. The minimum Gasteiger partial charge on any atom is -0.381 e. The third kappa shape index (κ3) is 6.24. The number of rotatable bonds is 3. The normalized spacial score (nSPS) is 19.8. The van der Waals surface area contributed by atoms with Crippen molar-refractivity contribution in [1.82, 2.24) is 14.8 Å². The third-order valence-corrected chi connectivity index (χ3v) is 4.58. The van der Waals surface area contributed by atoms with Gasteiger partial charge in [0.2, 0.25) is 5.91 Å². The zero-order chi connectivity index (χ0) is 15.4. The van der Waals surface area contributed by atoms with Gasteiger partial charge in [0.05, 0.1) is 11.2 Å². The smallest absolute Gasteiger partial charge is 0.242 e. The summed E-state index contributed by atoms with van der Waals surface area (Å²) in [7, 11) is 0. The van der Waals surface area contributed by atoms with Gasteiger partial charge in [-0.15, -0.1) is 37.2 Å². The molecule has 1 aromatic heterocycles. The highest BCUT2D eigenvalue weighted by molar-refractivity contribution is 5.86. The molecule has 6 nitrogen and oxygen atoms in total. The second-order valence-electron chi connectivity index (χ2n) is 6.16. The highest BCUT2D eigenvalue weighted by Gasteiger charge is 2.39. The van der Waals surface area contributed by atoms with Crippen LogP contribution >= 0.6 is 37.2 Å². The lowest BCUT2D eigenvalue weighted by Crippen LogP contribution is -2.61. The van der Waals surface area contributed by atoms with Gasteiger partial charge < -0.3 is 15.4 Å². The van der Waals surface area contributed by atoms with E-state index < -0.39 is 5.54 Å². The molecule has 144 valence electrons.